The molecule has 0 bridgehead atoms. The minimum absolute atomic E-state index is 0. The van der Waals surface area contributed by atoms with Gasteiger partial charge in [0.05, 0.1) is 0 Å². The summed E-state index contributed by atoms with van der Waals surface area (Å²) in [7, 11) is 0. The number of piperidine rings is 1. The number of anilines is 2. The second-order valence-electron chi connectivity index (χ2n) is 15.8. The van der Waals surface area contributed by atoms with Crippen molar-refractivity contribution in [1.82, 2.24) is 0 Å². The number of likely N-dealkylation sites (N-methyl/N-ethyl adjacent to an activating group) is 2. The van der Waals surface area contributed by atoms with Crippen molar-refractivity contribution >= 4 is 38.6 Å². The van der Waals surface area contributed by atoms with Gasteiger partial charge in [-0.05, 0) is 96.5 Å². The van der Waals surface area contributed by atoms with Crippen molar-refractivity contribution in [2.45, 2.75) is 98.3 Å². The molecule has 0 atom stereocenters. The van der Waals surface area contributed by atoms with Crippen molar-refractivity contribution in [1.29, 1.82) is 0 Å². The molecule has 4 aromatic rings. The maximum atomic E-state index is 2.73. The van der Waals surface area contributed by atoms with Crippen LogP contribution in [0.25, 0.3) is 21.5 Å². The monoisotopic (exact) mass is 803 g/mol. The number of hydrogen-bond acceptors (Lipinski definition) is 2. The number of allylic oxidation sites excluding steroid dienone is 8. The van der Waals surface area contributed by atoms with E-state index in [1.807, 2.05) is 0 Å². The zero-order valence-corrected chi connectivity index (χ0v) is 33.7. The van der Waals surface area contributed by atoms with Gasteiger partial charge in [-0.25, -0.2) is 4.58 Å². The molecule has 3 aliphatic heterocycles. The Bertz CT molecular complexity index is 2010. The number of nitrogens with zero attached hydrogens (tertiary/aromatic N) is 3. The van der Waals surface area contributed by atoms with Crippen LogP contribution >= 0.6 is 0 Å². The van der Waals surface area contributed by atoms with Crippen molar-refractivity contribution in [3.8, 4) is 0 Å². The second-order valence-corrected chi connectivity index (χ2v) is 15.8. The maximum absolute atomic E-state index is 2.73. The zero-order valence-electron chi connectivity index (χ0n) is 31.5. The number of fused-ring (bicyclic) bond motifs is 6. The van der Waals surface area contributed by atoms with Gasteiger partial charge in [-0.1, -0.05) is 108 Å². The van der Waals surface area contributed by atoms with Crippen molar-refractivity contribution in [2.24, 2.45) is 0 Å². The molecular formula is C48H58IN3. The molecule has 1 saturated carbocycles. The fourth-order valence-electron chi connectivity index (χ4n) is 9.87. The van der Waals surface area contributed by atoms with E-state index >= 15 is 0 Å². The zero-order chi connectivity index (χ0) is 34.6. The highest BCUT2D eigenvalue weighted by molar-refractivity contribution is 6.10. The molecule has 3 heterocycles. The highest BCUT2D eigenvalue weighted by Gasteiger charge is 2.42. The third-order valence-electron chi connectivity index (χ3n) is 12.2. The summed E-state index contributed by atoms with van der Waals surface area (Å²) in [6.45, 7) is 18.5. The lowest BCUT2D eigenvalue weighted by atomic mass is 9.80. The predicted molar refractivity (Wildman–Crippen MR) is 222 cm³/mol. The van der Waals surface area contributed by atoms with E-state index in [0.29, 0.717) is 0 Å². The Morgan fingerprint density at radius 1 is 0.577 bits per heavy atom. The molecule has 0 unspecified atom stereocenters. The number of halogens is 1. The quantitative estimate of drug-likeness (QED) is 0.151. The molecule has 52 heavy (non-hydrogen) atoms. The third-order valence-corrected chi connectivity index (χ3v) is 12.2. The molecule has 4 heteroatoms. The summed E-state index contributed by atoms with van der Waals surface area (Å²) in [4.78, 5) is 5.12. The molecule has 4 aliphatic rings. The second kappa shape index (κ2) is 15.0. The predicted octanol–water partition coefficient (Wildman–Crippen LogP) is 9.01. The van der Waals surface area contributed by atoms with Gasteiger partial charge in [0.25, 0.3) is 0 Å². The minimum Gasteiger partial charge on any atom is -1.00 e. The van der Waals surface area contributed by atoms with E-state index in [2.05, 4.69) is 153 Å². The lowest BCUT2D eigenvalue weighted by Crippen LogP contribution is -3.00. The van der Waals surface area contributed by atoms with E-state index in [4.69, 9.17) is 0 Å². The van der Waals surface area contributed by atoms with Crippen LogP contribution in [0.5, 0.6) is 0 Å². The Balaban J connectivity index is 0.00000232. The topological polar surface area (TPSA) is 9.49 Å². The van der Waals surface area contributed by atoms with Gasteiger partial charge in [-0.15, -0.1) is 0 Å². The molecule has 1 saturated heterocycles. The van der Waals surface area contributed by atoms with Crippen molar-refractivity contribution < 1.29 is 28.6 Å². The molecular weight excluding hydrogens is 745 g/mol. The molecule has 0 spiro atoms. The summed E-state index contributed by atoms with van der Waals surface area (Å²) in [5, 5.41) is 5.42. The van der Waals surface area contributed by atoms with Crippen LogP contribution in [0.2, 0.25) is 0 Å². The molecule has 2 fully saturated rings. The Morgan fingerprint density at radius 3 is 1.46 bits per heavy atom. The molecule has 0 amide bonds. The minimum atomic E-state index is -0.0802. The van der Waals surface area contributed by atoms with Gasteiger partial charge >= 0.3 is 0 Å². The SMILES string of the molecule is C.CCN1C(=CC=C2CCC/C(=C\C=C3\N(CC)c4ccc5ccccc5c4C3(C)C)C2=[N+]2CCCCC2)C(C)(C)c2c1ccc1ccccc21.[I-]. The van der Waals surface area contributed by atoms with E-state index < -0.39 is 0 Å². The van der Waals surface area contributed by atoms with Crippen molar-refractivity contribution in [3.05, 3.63) is 131 Å². The van der Waals surface area contributed by atoms with Crippen molar-refractivity contribution in [3.63, 3.8) is 0 Å². The summed E-state index contributed by atoms with van der Waals surface area (Å²) in [6, 6.07) is 27.1. The third kappa shape index (κ3) is 6.17. The lowest BCUT2D eigenvalue weighted by molar-refractivity contribution is -0.536. The largest absolute Gasteiger partial charge is 1.00 e. The lowest BCUT2D eigenvalue weighted by Gasteiger charge is -2.27. The highest BCUT2D eigenvalue weighted by atomic mass is 127. The van der Waals surface area contributed by atoms with E-state index in [-0.39, 0.29) is 42.2 Å². The molecule has 272 valence electrons. The molecule has 3 nitrogen and oxygen atoms in total. The van der Waals surface area contributed by atoms with Gasteiger partial charge in [0.1, 0.15) is 13.1 Å². The van der Waals surface area contributed by atoms with Gasteiger partial charge in [-0.3, -0.25) is 0 Å². The Kier molecular flexibility index (Phi) is 11.0. The fraction of sp³-hybridized carbons (Fsp3) is 0.396. The van der Waals surface area contributed by atoms with Crippen LogP contribution in [0.4, 0.5) is 11.4 Å². The number of rotatable bonds is 4. The van der Waals surface area contributed by atoms with Crippen molar-refractivity contribution in [2.75, 3.05) is 36.0 Å². The van der Waals surface area contributed by atoms with Crippen LogP contribution in [0.1, 0.15) is 98.6 Å². The van der Waals surface area contributed by atoms with Gasteiger partial charge in [0.2, 0.25) is 5.71 Å². The Morgan fingerprint density at radius 2 is 1.02 bits per heavy atom. The Hall–Kier alpha value is -3.64. The molecule has 4 aromatic carbocycles. The van der Waals surface area contributed by atoms with Crippen LogP contribution in [0, 0.1) is 0 Å². The van der Waals surface area contributed by atoms with Crippen LogP contribution in [0.15, 0.2) is 120 Å². The first-order chi connectivity index (χ1) is 24.3. The van der Waals surface area contributed by atoms with E-state index in [1.165, 1.54) is 98.0 Å². The maximum Gasteiger partial charge on any atom is 0.206 e. The van der Waals surface area contributed by atoms with Crippen LogP contribution in [-0.4, -0.2) is 36.5 Å². The molecule has 0 aromatic heterocycles. The summed E-state index contributed by atoms with van der Waals surface area (Å²) in [5.41, 5.74) is 12.8. The molecule has 0 radical (unpaired) electrons. The van der Waals surface area contributed by atoms with Gasteiger partial charge in [0, 0.05) is 70.7 Å². The average Bonchev–Trinajstić information content (AvgIpc) is 3.51. The molecule has 0 N–H and O–H groups in total. The molecule has 8 rings (SSSR count). The van der Waals surface area contributed by atoms with E-state index in [0.717, 1.165) is 39.0 Å². The molecule has 1 aliphatic carbocycles. The average molecular weight is 804 g/mol. The van der Waals surface area contributed by atoms with Gasteiger partial charge < -0.3 is 33.8 Å². The van der Waals surface area contributed by atoms with Gasteiger partial charge in [0.15, 0.2) is 0 Å². The number of hydrogen-bond donors (Lipinski definition) is 0. The summed E-state index contributed by atoms with van der Waals surface area (Å²) >= 11 is 0. The first kappa shape index (κ1) is 38.1. The van der Waals surface area contributed by atoms with Crippen LogP contribution in [-0.2, 0) is 10.8 Å². The van der Waals surface area contributed by atoms with Crippen LogP contribution < -0.4 is 33.8 Å². The van der Waals surface area contributed by atoms with E-state index in [9.17, 15) is 0 Å². The summed E-state index contributed by atoms with van der Waals surface area (Å²) < 4.78 is 2.73. The smallest absolute Gasteiger partial charge is 0.206 e. The van der Waals surface area contributed by atoms with E-state index in [1.54, 1.807) is 0 Å². The first-order valence-electron chi connectivity index (χ1n) is 19.3. The van der Waals surface area contributed by atoms with Gasteiger partial charge in [-0.2, -0.15) is 0 Å². The first-order valence-corrected chi connectivity index (χ1v) is 19.3. The summed E-state index contributed by atoms with van der Waals surface area (Å²) in [6.07, 6.45) is 17.4. The normalized spacial score (nSPS) is 22.3. The highest BCUT2D eigenvalue weighted by Crippen LogP contribution is 2.52. The Labute approximate surface area is 330 Å². The summed E-state index contributed by atoms with van der Waals surface area (Å²) in [5.74, 6) is 0. The van der Waals surface area contributed by atoms with Crippen LogP contribution in [0.3, 0.4) is 0 Å². The fourth-order valence-corrected chi connectivity index (χ4v) is 9.87. The standard InChI is InChI=1S/C47H54N3.CH4.HI/c1-7-49-39-27-23-33-17-10-12-21-37(33)43(39)46(3,4)41(49)29-25-35-19-16-20-36(45(35)48-31-14-9-15-32-48)26-30-42-47(5,6)44-38-22-13-11-18-34(38)24-28-40(44)50(42)8-2;;/h10-13,17-18,21-30H,7-9,14-16,19-20,31-32H2,1-6H3;1H4;1H/q+1;;/p-1. The number of benzene rings is 4.